The molecule has 0 spiro atoms. The molecule has 0 bridgehead atoms. The van der Waals surface area contributed by atoms with Gasteiger partial charge in [0.25, 0.3) is 5.56 Å². The van der Waals surface area contributed by atoms with Gasteiger partial charge in [-0.3, -0.25) is 14.2 Å². The first-order valence-electron chi connectivity index (χ1n) is 8.23. The number of hydrogen-bond acceptors (Lipinski definition) is 6. The van der Waals surface area contributed by atoms with Crippen molar-refractivity contribution in [3.63, 3.8) is 0 Å². The second-order valence-electron chi connectivity index (χ2n) is 6.17. The fraction of sp³-hybridized carbons (Fsp3) is 0.588. The van der Waals surface area contributed by atoms with E-state index in [2.05, 4.69) is 5.32 Å². The van der Waals surface area contributed by atoms with Crippen molar-refractivity contribution in [2.45, 2.75) is 51.1 Å². The van der Waals surface area contributed by atoms with Gasteiger partial charge in [0.05, 0.1) is 17.2 Å². The Morgan fingerprint density at radius 1 is 1.36 bits per heavy atom. The lowest BCUT2D eigenvalue weighted by Gasteiger charge is -2.18. The maximum Gasteiger partial charge on any atom is 0.263 e. The highest BCUT2D eigenvalue weighted by Crippen LogP contribution is 2.30. The van der Waals surface area contributed by atoms with Crippen molar-refractivity contribution >= 4 is 39.2 Å². The minimum atomic E-state index is -0.353. The number of nitrogens with zero attached hydrogens (tertiary/aromatic N) is 2. The van der Waals surface area contributed by atoms with Crippen LogP contribution in [0, 0.1) is 13.8 Å². The summed E-state index contributed by atoms with van der Waals surface area (Å²) >= 11 is 2.84. The van der Waals surface area contributed by atoms with E-state index in [1.54, 1.807) is 11.7 Å². The maximum absolute atomic E-state index is 13.0. The first-order chi connectivity index (χ1) is 11.8. The fourth-order valence-corrected chi connectivity index (χ4v) is 4.59. The van der Waals surface area contributed by atoms with Gasteiger partial charge in [0.15, 0.2) is 5.16 Å². The standard InChI is InChI=1S/C17H25N3O3S2/c1-9(2)20-16(22)13-10(3)11(4)24-15(13)19-17(20)25-12(5)14(21)18-7-8-23-6/h9,12H,7-8H2,1-6H3,(H,18,21)/t12-/m0/s1. The lowest BCUT2D eigenvalue weighted by atomic mass is 10.2. The van der Waals surface area contributed by atoms with Gasteiger partial charge in [0.2, 0.25) is 5.91 Å². The largest absolute Gasteiger partial charge is 0.383 e. The molecule has 2 heterocycles. The van der Waals surface area contributed by atoms with Crippen LogP contribution in [-0.4, -0.2) is 41.0 Å². The van der Waals surface area contributed by atoms with E-state index >= 15 is 0 Å². The second kappa shape index (κ2) is 8.33. The number of aryl methyl sites for hydroxylation is 2. The monoisotopic (exact) mass is 383 g/mol. The summed E-state index contributed by atoms with van der Waals surface area (Å²) in [6, 6.07) is -0.0322. The molecule has 138 valence electrons. The van der Waals surface area contributed by atoms with Crippen LogP contribution < -0.4 is 10.9 Å². The molecule has 0 radical (unpaired) electrons. The first-order valence-corrected chi connectivity index (χ1v) is 9.93. The summed E-state index contributed by atoms with van der Waals surface area (Å²) in [6.07, 6.45) is 0. The quantitative estimate of drug-likeness (QED) is 0.452. The molecule has 0 saturated heterocycles. The van der Waals surface area contributed by atoms with E-state index in [9.17, 15) is 9.59 Å². The van der Waals surface area contributed by atoms with Crippen LogP contribution in [0.25, 0.3) is 10.2 Å². The number of carbonyl (C=O) groups excluding carboxylic acids is 1. The van der Waals surface area contributed by atoms with Crippen molar-refractivity contribution < 1.29 is 9.53 Å². The zero-order valence-corrected chi connectivity index (χ0v) is 17.1. The molecular formula is C17H25N3O3S2. The summed E-state index contributed by atoms with van der Waals surface area (Å²) < 4.78 is 6.63. The number of methoxy groups -OCH3 is 1. The van der Waals surface area contributed by atoms with Crippen molar-refractivity contribution in [2.24, 2.45) is 0 Å². The number of thiophene rings is 1. The molecule has 2 rings (SSSR count). The average Bonchev–Trinajstić information content (AvgIpc) is 2.81. The molecule has 1 atom stereocenters. The van der Waals surface area contributed by atoms with E-state index in [4.69, 9.17) is 9.72 Å². The molecule has 0 unspecified atom stereocenters. The second-order valence-corrected chi connectivity index (χ2v) is 8.68. The molecule has 8 heteroatoms. The summed E-state index contributed by atoms with van der Waals surface area (Å²) in [5.74, 6) is -0.0924. The van der Waals surface area contributed by atoms with Gasteiger partial charge < -0.3 is 10.1 Å². The summed E-state index contributed by atoms with van der Waals surface area (Å²) in [7, 11) is 1.59. The van der Waals surface area contributed by atoms with Gasteiger partial charge in [-0.05, 0) is 40.2 Å². The van der Waals surface area contributed by atoms with Crippen molar-refractivity contribution in [3.8, 4) is 0 Å². The van der Waals surface area contributed by atoms with E-state index in [0.717, 1.165) is 15.3 Å². The van der Waals surface area contributed by atoms with Gasteiger partial charge in [-0.2, -0.15) is 0 Å². The highest BCUT2D eigenvalue weighted by molar-refractivity contribution is 8.00. The molecule has 0 fully saturated rings. The first kappa shape index (κ1) is 19.9. The van der Waals surface area contributed by atoms with Gasteiger partial charge in [0, 0.05) is 24.6 Å². The summed E-state index contributed by atoms with van der Waals surface area (Å²) in [4.78, 5) is 31.7. The number of ether oxygens (including phenoxy) is 1. The van der Waals surface area contributed by atoms with Crippen molar-refractivity contribution in [1.29, 1.82) is 0 Å². The smallest absolute Gasteiger partial charge is 0.263 e. The molecule has 1 N–H and O–H groups in total. The van der Waals surface area contributed by atoms with Crippen LogP contribution in [0.3, 0.4) is 0 Å². The predicted molar refractivity (Wildman–Crippen MR) is 104 cm³/mol. The highest BCUT2D eigenvalue weighted by Gasteiger charge is 2.22. The van der Waals surface area contributed by atoms with E-state index in [1.807, 2.05) is 34.6 Å². The van der Waals surface area contributed by atoms with Crippen molar-refractivity contribution in [1.82, 2.24) is 14.9 Å². The maximum atomic E-state index is 13.0. The molecule has 6 nitrogen and oxygen atoms in total. The Hall–Kier alpha value is -1.38. The third-order valence-electron chi connectivity index (χ3n) is 3.98. The molecule has 25 heavy (non-hydrogen) atoms. The Balaban J connectivity index is 2.38. The van der Waals surface area contributed by atoms with E-state index in [0.29, 0.717) is 23.7 Å². The van der Waals surface area contributed by atoms with Gasteiger partial charge in [0.1, 0.15) is 4.83 Å². The van der Waals surface area contributed by atoms with Gasteiger partial charge in [-0.25, -0.2) is 4.98 Å². The van der Waals surface area contributed by atoms with E-state index < -0.39 is 0 Å². The summed E-state index contributed by atoms with van der Waals surface area (Å²) in [6.45, 7) is 10.6. The number of amides is 1. The molecule has 2 aromatic heterocycles. The summed E-state index contributed by atoms with van der Waals surface area (Å²) in [5.41, 5.74) is 0.963. The van der Waals surface area contributed by atoms with Gasteiger partial charge in [-0.1, -0.05) is 11.8 Å². The number of aromatic nitrogens is 2. The molecule has 0 aliphatic rings. The van der Waals surface area contributed by atoms with Crippen LogP contribution in [0.4, 0.5) is 0 Å². The van der Waals surface area contributed by atoms with E-state index in [1.165, 1.54) is 23.1 Å². The van der Waals surface area contributed by atoms with E-state index in [-0.39, 0.29) is 22.8 Å². The Kier molecular flexibility index (Phi) is 6.65. The number of hydrogen-bond donors (Lipinski definition) is 1. The fourth-order valence-electron chi connectivity index (χ4n) is 2.46. The number of rotatable bonds is 7. The van der Waals surface area contributed by atoms with Crippen LogP contribution in [-0.2, 0) is 9.53 Å². The van der Waals surface area contributed by atoms with Crippen LogP contribution in [0.1, 0.15) is 37.3 Å². The SMILES string of the molecule is COCCNC(=O)[C@H](C)Sc1nc2sc(C)c(C)c2c(=O)n1C(C)C. The molecule has 2 aromatic rings. The Bertz CT molecular complexity index is 827. The van der Waals surface area contributed by atoms with Crippen LogP contribution >= 0.6 is 23.1 Å². The van der Waals surface area contributed by atoms with Gasteiger partial charge in [-0.15, -0.1) is 11.3 Å². The molecule has 0 aromatic carbocycles. The predicted octanol–water partition coefficient (Wildman–Crippen LogP) is 2.90. The molecule has 0 saturated carbocycles. The topological polar surface area (TPSA) is 73.2 Å². The average molecular weight is 384 g/mol. The molecule has 1 amide bonds. The minimum absolute atomic E-state index is 0.0312. The summed E-state index contributed by atoms with van der Waals surface area (Å²) in [5, 5.41) is 3.75. The van der Waals surface area contributed by atoms with Gasteiger partial charge >= 0.3 is 0 Å². The minimum Gasteiger partial charge on any atom is -0.383 e. The lowest BCUT2D eigenvalue weighted by molar-refractivity contribution is -0.120. The third-order valence-corrected chi connectivity index (χ3v) is 6.14. The number of carbonyl (C=O) groups is 1. The van der Waals surface area contributed by atoms with Crippen LogP contribution in [0.15, 0.2) is 9.95 Å². The zero-order valence-electron chi connectivity index (χ0n) is 15.5. The highest BCUT2D eigenvalue weighted by atomic mass is 32.2. The number of thioether (sulfide) groups is 1. The number of nitrogens with one attached hydrogen (secondary N) is 1. The Morgan fingerprint density at radius 2 is 2.04 bits per heavy atom. The van der Waals surface area contributed by atoms with Crippen LogP contribution in [0.5, 0.6) is 0 Å². The van der Waals surface area contributed by atoms with Crippen LogP contribution in [0.2, 0.25) is 0 Å². The number of fused-ring (bicyclic) bond motifs is 1. The van der Waals surface area contributed by atoms with Crippen molar-refractivity contribution in [3.05, 3.63) is 20.8 Å². The molecule has 0 aliphatic heterocycles. The molecule has 0 aliphatic carbocycles. The lowest BCUT2D eigenvalue weighted by Crippen LogP contribution is -2.34. The Morgan fingerprint density at radius 3 is 2.64 bits per heavy atom. The van der Waals surface area contributed by atoms with Crippen molar-refractivity contribution in [2.75, 3.05) is 20.3 Å². The molecular weight excluding hydrogens is 358 g/mol. The zero-order chi connectivity index (χ0) is 18.7. The Labute approximate surface area is 156 Å². The third kappa shape index (κ3) is 4.24. The normalized spacial score (nSPS) is 12.8.